The van der Waals surface area contributed by atoms with Gasteiger partial charge in [-0.05, 0) is 55.7 Å². The highest BCUT2D eigenvalue weighted by Crippen LogP contribution is 2.36. The van der Waals surface area contributed by atoms with E-state index in [0.29, 0.717) is 18.5 Å². The van der Waals surface area contributed by atoms with Crippen LogP contribution >= 0.6 is 23.2 Å². The Bertz CT molecular complexity index is 1130. The van der Waals surface area contributed by atoms with E-state index in [-0.39, 0.29) is 17.2 Å². The van der Waals surface area contributed by atoms with Crippen molar-refractivity contribution >= 4 is 46.8 Å². The highest BCUT2D eigenvalue weighted by atomic mass is 35.5. The maximum atomic E-state index is 12.7. The van der Waals surface area contributed by atoms with Crippen LogP contribution in [0.15, 0.2) is 71.4 Å². The lowest BCUT2D eigenvalue weighted by Gasteiger charge is -2.28. The maximum absolute atomic E-state index is 12.7. The maximum Gasteiger partial charge on any atom is 0.328 e. The summed E-state index contributed by atoms with van der Waals surface area (Å²) in [5.74, 6) is -1.66. The van der Waals surface area contributed by atoms with Gasteiger partial charge in [0.1, 0.15) is 11.9 Å². The van der Waals surface area contributed by atoms with Crippen molar-refractivity contribution in [3.05, 3.63) is 82.5 Å². The number of aliphatic carboxylic acids is 1. The van der Waals surface area contributed by atoms with Crippen molar-refractivity contribution in [3.8, 4) is 0 Å². The first kappa shape index (κ1) is 26.2. The van der Waals surface area contributed by atoms with Crippen molar-refractivity contribution in [1.82, 2.24) is 15.6 Å². The van der Waals surface area contributed by atoms with Gasteiger partial charge in [-0.15, -0.1) is 11.6 Å². The summed E-state index contributed by atoms with van der Waals surface area (Å²) in [6.07, 6.45) is 6.11. The number of anilines is 1. The summed E-state index contributed by atoms with van der Waals surface area (Å²) in [7, 11) is 0. The molecule has 0 bridgehead atoms. The van der Waals surface area contributed by atoms with Gasteiger partial charge in [-0.3, -0.25) is 9.59 Å². The molecule has 1 unspecified atom stereocenters. The SMILES string of the molecule is CC1(Cl)CC=CC(Cl)=C1C(=O)N[C@@H](CNC(=O)c1ccc(CCNc2ccccn2)cc1)C(=O)O. The Balaban J connectivity index is 1.53. The first-order valence-corrected chi connectivity index (χ1v) is 11.7. The van der Waals surface area contributed by atoms with E-state index in [9.17, 15) is 19.5 Å². The second-order valence-corrected chi connectivity index (χ2v) is 9.43. The van der Waals surface area contributed by atoms with Gasteiger partial charge in [0.15, 0.2) is 0 Å². The Hall–Kier alpha value is -3.36. The molecule has 2 atom stereocenters. The summed E-state index contributed by atoms with van der Waals surface area (Å²) >= 11 is 12.5. The van der Waals surface area contributed by atoms with Gasteiger partial charge in [0.2, 0.25) is 0 Å². The van der Waals surface area contributed by atoms with E-state index in [2.05, 4.69) is 20.9 Å². The van der Waals surface area contributed by atoms with E-state index in [0.717, 1.165) is 17.8 Å². The second-order valence-electron chi connectivity index (χ2n) is 8.19. The highest BCUT2D eigenvalue weighted by molar-refractivity contribution is 6.37. The Kier molecular flexibility index (Phi) is 8.89. The molecule has 1 heterocycles. The fourth-order valence-electron chi connectivity index (χ4n) is 3.52. The molecule has 3 rings (SSSR count). The van der Waals surface area contributed by atoms with Gasteiger partial charge in [-0.2, -0.15) is 0 Å². The van der Waals surface area contributed by atoms with Crippen molar-refractivity contribution in [2.45, 2.75) is 30.7 Å². The van der Waals surface area contributed by atoms with E-state index in [1.807, 2.05) is 30.3 Å². The molecule has 0 fully saturated rings. The monoisotopic (exact) mass is 516 g/mol. The lowest BCUT2D eigenvalue weighted by atomic mass is 9.91. The van der Waals surface area contributed by atoms with Gasteiger partial charge in [-0.25, -0.2) is 9.78 Å². The Morgan fingerprint density at radius 3 is 2.51 bits per heavy atom. The minimum Gasteiger partial charge on any atom is -0.480 e. The summed E-state index contributed by atoms with van der Waals surface area (Å²) in [5, 5.41) is 17.8. The van der Waals surface area contributed by atoms with Crippen LogP contribution in [0, 0.1) is 0 Å². The zero-order valence-electron chi connectivity index (χ0n) is 19.1. The number of aromatic nitrogens is 1. The number of carbonyl (C=O) groups is 3. The lowest BCUT2D eigenvalue weighted by Crippen LogP contribution is -2.50. The van der Waals surface area contributed by atoms with Crippen LogP contribution in [-0.2, 0) is 16.0 Å². The molecule has 2 amide bonds. The molecule has 1 aliphatic carbocycles. The van der Waals surface area contributed by atoms with Crippen molar-refractivity contribution < 1.29 is 19.5 Å². The third kappa shape index (κ3) is 7.31. The van der Waals surface area contributed by atoms with Gasteiger partial charge < -0.3 is 21.1 Å². The summed E-state index contributed by atoms with van der Waals surface area (Å²) in [6.45, 7) is 2.00. The Morgan fingerprint density at radius 2 is 1.89 bits per heavy atom. The number of carboxylic acid groups (broad SMARTS) is 1. The summed E-state index contributed by atoms with van der Waals surface area (Å²) in [4.78, 5) is 40.1. The van der Waals surface area contributed by atoms with E-state index in [1.54, 1.807) is 37.4 Å². The number of hydrogen-bond donors (Lipinski definition) is 4. The van der Waals surface area contributed by atoms with Crippen molar-refractivity contribution in [3.63, 3.8) is 0 Å². The molecular formula is C25H26Cl2N4O4. The van der Waals surface area contributed by atoms with Crippen molar-refractivity contribution in [2.75, 3.05) is 18.4 Å². The third-order valence-electron chi connectivity index (χ3n) is 5.42. The van der Waals surface area contributed by atoms with E-state index >= 15 is 0 Å². The largest absolute Gasteiger partial charge is 0.480 e. The zero-order chi connectivity index (χ0) is 25.4. The lowest BCUT2D eigenvalue weighted by molar-refractivity contribution is -0.141. The van der Waals surface area contributed by atoms with Crippen LogP contribution < -0.4 is 16.0 Å². The molecule has 0 aliphatic heterocycles. The molecule has 0 spiro atoms. The van der Waals surface area contributed by atoms with Crippen LogP contribution in [0.2, 0.25) is 0 Å². The predicted octanol–water partition coefficient (Wildman–Crippen LogP) is 3.49. The van der Waals surface area contributed by atoms with Crippen LogP contribution in [0.5, 0.6) is 0 Å². The number of carbonyl (C=O) groups excluding carboxylic acids is 2. The van der Waals surface area contributed by atoms with Gasteiger partial charge in [-0.1, -0.05) is 35.9 Å². The third-order valence-corrected chi connectivity index (χ3v) is 6.08. The van der Waals surface area contributed by atoms with Crippen LogP contribution in [0.1, 0.15) is 29.3 Å². The van der Waals surface area contributed by atoms with Crippen LogP contribution in [0.3, 0.4) is 0 Å². The van der Waals surface area contributed by atoms with Crippen molar-refractivity contribution in [1.29, 1.82) is 0 Å². The quantitative estimate of drug-likeness (QED) is 0.358. The number of nitrogens with zero attached hydrogens (tertiary/aromatic N) is 1. The minimum atomic E-state index is -1.36. The molecule has 1 aromatic heterocycles. The number of carboxylic acids is 1. The number of halogens is 2. The van der Waals surface area contributed by atoms with E-state index in [1.165, 1.54) is 0 Å². The summed E-state index contributed by atoms with van der Waals surface area (Å²) < 4.78 is 0. The molecule has 2 aromatic rings. The molecule has 184 valence electrons. The first-order valence-electron chi connectivity index (χ1n) is 11.0. The average Bonchev–Trinajstić information content (AvgIpc) is 2.82. The Labute approximate surface area is 213 Å². The summed E-state index contributed by atoms with van der Waals surface area (Å²) in [6, 6.07) is 11.3. The van der Waals surface area contributed by atoms with Gasteiger partial charge in [0, 0.05) is 24.8 Å². The smallest absolute Gasteiger partial charge is 0.328 e. The molecule has 10 heteroatoms. The number of rotatable bonds is 10. The first-order chi connectivity index (χ1) is 16.7. The number of benzene rings is 1. The molecule has 4 N–H and O–H groups in total. The number of hydrogen-bond acceptors (Lipinski definition) is 5. The zero-order valence-corrected chi connectivity index (χ0v) is 20.6. The predicted molar refractivity (Wildman–Crippen MR) is 136 cm³/mol. The Morgan fingerprint density at radius 1 is 1.14 bits per heavy atom. The van der Waals surface area contributed by atoms with Gasteiger partial charge in [0.25, 0.3) is 11.8 Å². The molecule has 0 saturated heterocycles. The topological polar surface area (TPSA) is 120 Å². The van der Waals surface area contributed by atoms with Crippen LogP contribution in [0.25, 0.3) is 0 Å². The van der Waals surface area contributed by atoms with E-state index in [4.69, 9.17) is 23.2 Å². The molecule has 1 aromatic carbocycles. The number of pyridine rings is 1. The number of allylic oxidation sites excluding steroid dienone is 3. The molecule has 0 saturated carbocycles. The van der Waals surface area contributed by atoms with Gasteiger partial charge in [0.05, 0.1) is 15.5 Å². The van der Waals surface area contributed by atoms with Crippen LogP contribution in [-0.4, -0.2) is 51.9 Å². The standard InChI is InChI=1S/C25H26Cl2N4O4/c1-25(27)12-4-5-18(26)21(25)23(33)31-19(24(34)35)15-30-22(32)17-9-7-16(8-10-17)11-14-29-20-6-2-3-13-28-20/h2-10,13,19H,11-12,14-15H2,1H3,(H,28,29)(H,30,32)(H,31,33)(H,34,35)/t19-,25?/m0/s1. The average molecular weight is 517 g/mol. The normalized spacial score (nSPS) is 18.0. The number of amides is 2. The molecule has 35 heavy (non-hydrogen) atoms. The van der Waals surface area contributed by atoms with Crippen LogP contribution in [0.4, 0.5) is 5.82 Å². The number of nitrogens with one attached hydrogen (secondary N) is 3. The molecular weight excluding hydrogens is 491 g/mol. The van der Waals surface area contributed by atoms with E-state index < -0.39 is 28.7 Å². The minimum absolute atomic E-state index is 0.0917. The fourth-order valence-corrected chi connectivity index (χ4v) is 4.22. The summed E-state index contributed by atoms with van der Waals surface area (Å²) in [5.41, 5.74) is 1.49. The fraction of sp³-hybridized carbons (Fsp3) is 0.280. The second kappa shape index (κ2) is 11.9. The van der Waals surface area contributed by atoms with Gasteiger partial charge >= 0.3 is 5.97 Å². The molecule has 8 nitrogen and oxygen atoms in total. The highest BCUT2D eigenvalue weighted by Gasteiger charge is 2.36. The molecule has 1 aliphatic rings. The van der Waals surface area contributed by atoms with Crippen molar-refractivity contribution in [2.24, 2.45) is 0 Å². The number of alkyl halides is 1. The molecule has 0 radical (unpaired) electrons.